The van der Waals surface area contributed by atoms with Crippen LogP contribution in [0.3, 0.4) is 0 Å². The third-order valence-electron chi connectivity index (χ3n) is 2.09. The average Bonchev–Trinajstić information content (AvgIpc) is 2.22. The highest BCUT2D eigenvalue weighted by molar-refractivity contribution is 9.10. The van der Waals surface area contributed by atoms with Gasteiger partial charge in [0.1, 0.15) is 17.3 Å². The van der Waals surface area contributed by atoms with Crippen molar-refractivity contribution in [2.75, 3.05) is 13.2 Å². The minimum absolute atomic E-state index is 0.160. The molecule has 0 amide bonds. The zero-order chi connectivity index (χ0) is 13.8. The van der Waals surface area contributed by atoms with Crippen LogP contribution in [0.2, 0.25) is 0 Å². The number of hydrogen-bond donors (Lipinski definition) is 1. The molecule has 0 bridgehead atoms. The molecule has 0 aliphatic heterocycles. The summed E-state index contributed by atoms with van der Waals surface area (Å²) in [6.07, 6.45) is 0. The molecule has 0 spiro atoms. The maximum atomic E-state index is 5.65. The fourth-order valence-corrected chi connectivity index (χ4v) is 1.83. The van der Waals surface area contributed by atoms with E-state index in [4.69, 9.17) is 27.4 Å². The molecule has 0 radical (unpaired) electrons. The lowest BCUT2D eigenvalue weighted by molar-refractivity contribution is -0.0163. The first kappa shape index (κ1) is 15.4. The Labute approximate surface area is 122 Å². The monoisotopic (exact) mass is 331 g/mol. The van der Waals surface area contributed by atoms with Crippen molar-refractivity contribution in [3.8, 4) is 5.75 Å². The fraction of sp³-hybridized carbons (Fsp3) is 0.462. The van der Waals surface area contributed by atoms with Crippen LogP contribution in [0, 0.1) is 0 Å². The molecule has 0 aromatic heterocycles. The molecule has 5 heteroatoms. The molecular formula is C13H18BrNO2S. The standard InChI is InChI=1S/C13H18BrNO2S/c1-13(2,3)17-7-6-16-11-8-9(14)4-5-10(11)12(15)18/h4-5,8H,6-7H2,1-3H3,(H2,15,18). The van der Waals surface area contributed by atoms with Gasteiger partial charge in [0.2, 0.25) is 0 Å². The minimum atomic E-state index is -0.160. The van der Waals surface area contributed by atoms with Gasteiger partial charge in [-0.25, -0.2) is 0 Å². The van der Waals surface area contributed by atoms with Gasteiger partial charge >= 0.3 is 0 Å². The number of benzene rings is 1. The Balaban J connectivity index is 2.61. The predicted molar refractivity (Wildman–Crippen MR) is 81.2 cm³/mol. The molecule has 1 aromatic rings. The minimum Gasteiger partial charge on any atom is -0.490 e. The largest absolute Gasteiger partial charge is 0.490 e. The number of ether oxygens (including phenoxy) is 2. The highest BCUT2D eigenvalue weighted by Gasteiger charge is 2.11. The maximum Gasteiger partial charge on any atom is 0.130 e. The summed E-state index contributed by atoms with van der Waals surface area (Å²) in [5, 5.41) is 0. The summed E-state index contributed by atoms with van der Waals surface area (Å²) in [6.45, 7) is 7.00. The van der Waals surface area contributed by atoms with E-state index in [1.165, 1.54) is 0 Å². The molecule has 100 valence electrons. The van der Waals surface area contributed by atoms with Crippen molar-refractivity contribution in [3.63, 3.8) is 0 Å². The van der Waals surface area contributed by atoms with Crippen LogP contribution in [-0.4, -0.2) is 23.8 Å². The molecular weight excluding hydrogens is 314 g/mol. The van der Waals surface area contributed by atoms with Crippen molar-refractivity contribution in [1.29, 1.82) is 0 Å². The fourth-order valence-electron chi connectivity index (χ4n) is 1.32. The Morgan fingerprint density at radius 2 is 2.00 bits per heavy atom. The van der Waals surface area contributed by atoms with E-state index in [1.807, 2.05) is 39.0 Å². The lowest BCUT2D eigenvalue weighted by atomic mass is 10.2. The van der Waals surface area contributed by atoms with E-state index in [2.05, 4.69) is 15.9 Å². The van der Waals surface area contributed by atoms with Crippen LogP contribution in [-0.2, 0) is 4.74 Å². The molecule has 1 rings (SSSR count). The van der Waals surface area contributed by atoms with E-state index in [0.29, 0.717) is 24.0 Å². The lowest BCUT2D eigenvalue weighted by Gasteiger charge is -2.20. The van der Waals surface area contributed by atoms with Crippen LogP contribution < -0.4 is 10.5 Å². The van der Waals surface area contributed by atoms with E-state index in [0.717, 1.165) is 10.0 Å². The third kappa shape index (κ3) is 5.33. The second kappa shape index (κ2) is 6.50. The molecule has 0 unspecified atom stereocenters. The second-order valence-electron chi connectivity index (χ2n) is 4.81. The number of halogens is 1. The summed E-state index contributed by atoms with van der Waals surface area (Å²) >= 11 is 8.37. The van der Waals surface area contributed by atoms with Gasteiger partial charge < -0.3 is 15.2 Å². The Morgan fingerprint density at radius 1 is 1.33 bits per heavy atom. The first-order valence-electron chi connectivity index (χ1n) is 5.66. The van der Waals surface area contributed by atoms with Crippen LogP contribution in [0.15, 0.2) is 22.7 Å². The Kier molecular flexibility index (Phi) is 5.56. The van der Waals surface area contributed by atoms with E-state index >= 15 is 0 Å². The van der Waals surface area contributed by atoms with E-state index in [9.17, 15) is 0 Å². The van der Waals surface area contributed by atoms with Gasteiger partial charge in [-0.3, -0.25) is 0 Å². The Hall–Kier alpha value is -0.650. The third-order valence-corrected chi connectivity index (χ3v) is 2.80. The van der Waals surface area contributed by atoms with Gasteiger partial charge in [-0.05, 0) is 39.0 Å². The van der Waals surface area contributed by atoms with E-state index in [-0.39, 0.29) is 5.60 Å². The zero-order valence-electron chi connectivity index (χ0n) is 10.8. The van der Waals surface area contributed by atoms with Crippen molar-refractivity contribution in [2.45, 2.75) is 26.4 Å². The smallest absolute Gasteiger partial charge is 0.130 e. The summed E-state index contributed by atoms with van der Waals surface area (Å²) in [4.78, 5) is 0.328. The van der Waals surface area contributed by atoms with Crippen molar-refractivity contribution >= 4 is 33.1 Å². The lowest BCUT2D eigenvalue weighted by Crippen LogP contribution is -2.23. The van der Waals surface area contributed by atoms with Crippen molar-refractivity contribution in [2.24, 2.45) is 5.73 Å². The van der Waals surface area contributed by atoms with Crippen LogP contribution >= 0.6 is 28.1 Å². The summed E-state index contributed by atoms with van der Waals surface area (Å²) < 4.78 is 12.2. The van der Waals surface area contributed by atoms with Gasteiger partial charge in [0.25, 0.3) is 0 Å². The first-order chi connectivity index (χ1) is 8.29. The predicted octanol–water partition coefficient (Wildman–Crippen LogP) is 3.28. The number of nitrogens with two attached hydrogens (primary N) is 1. The number of thiocarbonyl (C=S) groups is 1. The Morgan fingerprint density at radius 3 is 2.56 bits per heavy atom. The summed E-state index contributed by atoms with van der Waals surface area (Å²) in [7, 11) is 0. The van der Waals surface area contributed by atoms with Gasteiger partial charge in [0.15, 0.2) is 0 Å². The quantitative estimate of drug-likeness (QED) is 0.664. The maximum absolute atomic E-state index is 5.65. The molecule has 0 aliphatic rings. The van der Waals surface area contributed by atoms with E-state index in [1.54, 1.807) is 0 Å². The number of hydrogen-bond acceptors (Lipinski definition) is 3. The van der Waals surface area contributed by atoms with Crippen molar-refractivity contribution in [3.05, 3.63) is 28.2 Å². The van der Waals surface area contributed by atoms with Crippen LogP contribution in [0.25, 0.3) is 0 Å². The van der Waals surface area contributed by atoms with Crippen LogP contribution in [0.5, 0.6) is 5.75 Å². The van der Waals surface area contributed by atoms with Gasteiger partial charge in [-0.15, -0.1) is 0 Å². The molecule has 0 saturated carbocycles. The van der Waals surface area contributed by atoms with Gasteiger partial charge in [0, 0.05) is 4.47 Å². The summed E-state index contributed by atoms with van der Waals surface area (Å²) in [6, 6.07) is 5.57. The van der Waals surface area contributed by atoms with Crippen molar-refractivity contribution < 1.29 is 9.47 Å². The van der Waals surface area contributed by atoms with E-state index < -0.39 is 0 Å². The average molecular weight is 332 g/mol. The van der Waals surface area contributed by atoms with Gasteiger partial charge in [0.05, 0.1) is 17.8 Å². The Bertz CT molecular complexity index is 429. The van der Waals surface area contributed by atoms with Gasteiger partial charge in [-0.2, -0.15) is 0 Å². The molecule has 2 N–H and O–H groups in total. The first-order valence-corrected chi connectivity index (χ1v) is 6.86. The molecule has 0 aliphatic carbocycles. The van der Waals surface area contributed by atoms with Crippen LogP contribution in [0.4, 0.5) is 0 Å². The van der Waals surface area contributed by atoms with Crippen LogP contribution in [0.1, 0.15) is 26.3 Å². The highest BCUT2D eigenvalue weighted by Crippen LogP contribution is 2.23. The molecule has 0 atom stereocenters. The SMILES string of the molecule is CC(C)(C)OCCOc1cc(Br)ccc1C(N)=S. The number of rotatable bonds is 5. The summed E-state index contributed by atoms with van der Waals surface area (Å²) in [5.41, 5.74) is 6.22. The summed E-state index contributed by atoms with van der Waals surface area (Å²) in [5.74, 6) is 0.675. The molecule has 3 nitrogen and oxygen atoms in total. The van der Waals surface area contributed by atoms with Gasteiger partial charge in [-0.1, -0.05) is 28.1 Å². The molecule has 0 saturated heterocycles. The zero-order valence-corrected chi connectivity index (χ0v) is 13.2. The normalized spacial score (nSPS) is 11.3. The molecule has 0 fully saturated rings. The molecule has 18 heavy (non-hydrogen) atoms. The topological polar surface area (TPSA) is 44.5 Å². The highest BCUT2D eigenvalue weighted by atomic mass is 79.9. The van der Waals surface area contributed by atoms with Crippen molar-refractivity contribution in [1.82, 2.24) is 0 Å². The molecule has 1 aromatic carbocycles. The molecule has 0 heterocycles. The second-order valence-corrected chi connectivity index (χ2v) is 6.17.